The van der Waals surface area contributed by atoms with Crippen molar-refractivity contribution in [3.63, 3.8) is 0 Å². The molecule has 88 valence electrons. The maximum Gasteiger partial charge on any atom is 0.337 e. The van der Waals surface area contributed by atoms with Crippen molar-refractivity contribution in [3.8, 4) is 0 Å². The molecule has 0 aliphatic heterocycles. The summed E-state index contributed by atoms with van der Waals surface area (Å²) < 4.78 is 0. The number of hydrogen-bond acceptors (Lipinski definition) is 4. The largest absolute Gasteiger partial charge is 0.478 e. The predicted molar refractivity (Wildman–Crippen MR) is 63.2 cm³/mol. The van der Waals surface area contributed by atoms with Gasteiger partial charge in [0.1, 0.15) is 0 Å². The number of aliphatic hydroxyl groups excluding tert-OH is 1. The second kappa shape index (κ2) is 6.08. The van der Waals surface area contributed by atoms with Crippen LogP contribution >= 0.6 is 23.4 Å². The monoisotopic (exact) mass is 261 g/mol. The van der Waals surface area contributed by atoms with Crippen molar-refractivity contribution in [2.24, 2.45) is 5.92 Å². The summed E-state index contributed by atoms with van der Waals surface area (Å²) in [6, 6.07) is 1.44. The van der Waals surface area contributed by atoms with Gasteiger partial charge in [-0.25, -0.2) is 9.78 Å². The van der Waals surface area contributed by atoms with Crippen molar-refractivity contribution in [1.29, 1.82) is 0 Å². The van der Waals surface area contributed by atoms with Crippen molar-refractivity contribution in [1.82, 2.24) is 4.98 Å². The molecular weight excluding hydrogens is 250 g/mol. The van der Waals surface area contributed by atoms with Crippen LogP contribution in [0.3, 0.4) is 0 Å². The van der Waals surface area contributed by atoms with Gasteiger partial charge in [-0.3, -0.25) is 0 Å². The number of hydrogen-bond donors (Lipinski definition) is 2. The Kier molecular flexibility index (Phi) is 5.05. The number of aromatic nitrogens is 1. The highest BCUT2D eigenvalue weighted by molar-refractivity contribution is 7.99. The van der Waals surface area contributed by atoms with E-state index in [1.807, 2.05) is 6.92 Å². The van der Waals surface area contributed by atoms with Crippen molar-refractivity contribution in [2.45, 2.75) is 11.9 Å². The number of carboxylic acids is 1. The Labute approximate surface area is 103 Å². The fourth-order valence-electron chi connectivity index (χ4n) is 0.943. The van der Waals surface area contributed by atoms with Crippen LogP contribution in [0.15, 0.2) is 17.3 Å². The average Bonchev–Trinajstić information content (AvgIpc) is 2.27. The predicted octanol–water partition coefficient (Wildman–Crippen LogP) is 2.15. The van der Waals surface area contributed by atoms with Gasteiger partial charge in [0.2, 0.25) is 0 Å². The Bertz CT molecular complexity index is 386. The van der Waals surface area contributed by atoms with Crippen LogP contribution in [0.5, 0.6) is 0 Å². The smallest absolute Gasteiger partial charge is 0.337 e. The van der Waals surface area contributed by atoms with Crippen LogP contribution in [-0.4, -0.2) is 33.5 Å². The Morgan fingerprint density at radius 3 is 2.94 bits per heavy atom. The van der Waals surface area contributed by atoms with E-state index in [-0.39, 0.29) is 23.1 Å². The zero-order valence-electron chi connectivity index (χ0n) is 8.68. The van der Waals surface area contributed by atoms with Crippen molar-refractivity contribution >= 4 is 29.3 Å². The molecular formula is C10H12ClNO3S. The van der Waals surface area contributed by atoms with E-state index in [1.165, 1.54) is 24.0 Å². The molecule has 0 aliphatic carbocycles. The molecule has 0 bridgehead atoms. The van der Waals surface area contributed by atoms with Gasteiger partial charge in [-0.2, -0.15) is 0 Å². The summed E-state index contributed by atoms with van der Waals surface area (Å²) in [6.07, 6.45) is 1.33. The van der Waals surface area contributed by atoms with Gasteiger partial charge in [0.05, 0.1) is 15.6 Å². The van der Waals surface area contributed by atoms with Gasteiger partial charge in [-0.15, -0.1) is 11.8 Å². The fraction of sp³-hybridized carbons (Fsp3) is 0.400. The molecule has 1 atom stereocenters. The molecule has 2 N–H and O–H groups in total. The van der Waals surface area contributed by atoms with Crippen LogP contribution in [0.4, 0.5) is 0 Å². The van der Waals surface area contributed by atoms with Crippen LogP contribution in [0.1, 0.15) is 17.3 Å². The number of pyridine rings is 1. The molecule has 0 radical (unpaired) electrons. The summed E-state index contributed by atoms with van der Waals surface area (Å²) in [5.41, 5.74) is 0.0517. The van der Waals surface area contributed by atoms with E-state index in [4.69, 9.17) is 21.8 Å². The Hall–Kier alpha value is -0.780. The highest BCUT2D eigenvalue weighted by Crippen LogP contribution is 2.23. The highest BCUT2D eigenvalue weighted by Gasteiger charge is 2.11. The number of nitrogens with zero attached hydrogens (tertiary/aromatic N) is 1. The second-order valence-electron chi connectivity index (χ2n) is 3.41. The number of carboxylic acid groups (broad SMARTS) is 1. The Morgan fingerprint density at radius 1 is 1.69 bits per heavy atom. The minimum Gasteiger partial charge on any atom is -0.478 e. The number of aromatic carboxylic acids is 1. The lowest BCUT2D eigenvalue weighted by Gasteiger charge is -2.07. The summed E-state index contributed by atoms with van der Waals surface area (Å²) in [5, 5.41) is 18.4. The van der Waals surface area contributed by atoms with E-state index >= 15 is 0 Å². The van der Waals surface area contributed by atoms with E-state index in [0.29, 0.717) is 10.8 Å². The summed E-state index contributed by atoms with van der Waals surface area (Å²) in [7, 11) is 0. The molecule has 1 heterocycles. The molecule has 16 heavy (non-hydrogen) atoms. The minimum atomic E-state index is -1.07. The molecule has 0 saturated carbocycles. The third-order valence-corrected chi connectivity index (χ3v) is 3.44. The van der Waals surface area contributed by atoms with Crippen LogP contribution < -0.4 is 0 Å². The van der Waals surface area contributed by atoms with Gasteiger partial charge >= 0.3 is 5.97 Å². The quantitative estimate of drug-likeness (QED) is 0.795. The normalized spacial score (nSPS) is 12.4. The third kappa shape index (κ3) is 3.66. The number of thioether (sulfide) groups is 1. The molecule has 6 heteroatoms. The van der Waals surface area contributed by atoms with E-state index in [9.17, 15) is 4.79 Å². The molecule has 0 aliphatic rings. The lowest BCUT2D eigenvalue weighted by Crippen LogP contribution is -2.04. The topological polar surface area (TPSA) is 70.4 Å². The lowest BCUT2D eigenvalue weighted by molar-refractivity contribution is 0.0696. The Balaban J connectivity index is 2.75. The lowest BCUT2D eigenvalue weighted by atomic mass is 10.2. The molecule has 4 nitrogen and oxygen atoms in total. The van der Waals surface area contributed by atoms with E-state index in [2.05, 4.69) is 4.98 Å². The Morgan fingerprint density at radius 2 is 2.38 bits per heavy atom. The molecule has 0 fully saturated rings. The van der Waals surface area contributed by atoms with Crippen molar-refractivity contribution < 1.29 is 15.0 Å². The maximum absolute atomic E-state index is 10.8. The zero-order valence-corrected chi connectivity index (χ0v) is 10.3. The van der Waals surface area contributed by atoms with Gasteiger partial charge < -0.3 is 10.2 Å². The molecule has 0 saturated heterocycles. The third-order valence-electron chi connectivity index (χ3n) is 1.89. The van der Waals surface area contributed by atoms with E-state index < -0.39 is 5.97 Å². The number of carbonyl (C=O) groups is 1. The van der Waals surface area contributed by atoms with Crippen LogP contribution in [0.25, 0.3) is 0 Å². The number of aliphatic hydroxyl groups is 1. The SMILES string of the molecule is CC(CO)CSc1cc(C(=O)O)c(Cl)cn1. The summed E-state index contributed by atoms with van der Waals surface area (Å²) >= 11 is 7.09. The van der Waals surface area contributed by atoms with Gasteiger partial charge in [-0.1, -0.05) is 18.5 Å². The average molecular weight is 262 g/mol. The fourth-order valence-corrected chi connectivity index (χ4v) is 2.02. The minimum absolute atomic E-state index is 0.0517. The molecule has 1 aromatic heterocycles. The van der Waals surface area contributed by atoms with Crippen molar-refractivity contribution in [2.75, 3.05) is 12.4 Å². The number of rotatable bonds is 5. The first-order valence-corrected chi connectivity index (χ1v) is 6.03. The van der Waals surface area contributed by atoms with Crippen molar-refractivity contribution in [3.05, 3.63) is 22.8 Å². The van der Waals surface area contributed by atoms with Gasteiger partial charge in [0.25, 0.3) is 0 Å². The summed E-state index contributed by atoms with van der Waals surface area (Å²) in [5.74, 6) is -0.232. The maximum atomic E-state index is 10.8. The van der Waals surface area contributed by atoms with Crippen LogP contribution in [0.2, 0.25) is 5.02 Å². The summed E-state index contributed by atoms with van der Waals surface area (Å²) in [4.78, 5) is 14.8. The standard InChI is InChI=1S/C10H12ClNO3S/c1-6(4-13)5-16-9-2-7(10(14)15)8(11)3-12-9/h2-3,6,13H,4-5H2,1H3,(H,14,15). The van der Waals surface area contributed by atoms with Gasteiger partial charge in [0, 0.05) is 18.6 Å². The van der Waals surface area contributed by atoms with Gasteiger partial charge in [0.15, 0.2) is 0 Å². The highest BCUT2D eigenvalue weighted by atomic mass is 35.5. The molecule has 0 aromatic carbocycles. The van der Waals surface area contributed by atoms with E-state index in [0.717, 1.165) is 0 Å². The molecule has 1 unspecified atom stereocenters. The zero-order chi connectivity index (χ0) is 12.1. The first-order chi connectivity index (χ1) is 7.54. The second-order valence-corrected chi connectivity index (χ2v) is 4.85. The molecule has 0 amide bonds. The molecule has 0 spiro atoms. The first-order valence-electron chi connectivity index (χ1n) is 4.67. The first kappa shape index (κ1) is 13.3. The van der Waals surface area contributed by atoms with Crippen LogP contribution in [0, 0.1) is 5.92 Å². The number of halogens is 1. The molecule has 1 rings (SSSR count). The van der Waals surface area contributed by atoms with Gasteiger partial charge in [-0.05, 0) is 12.0 Å². The van der Waals surface area contributed by atoms with E-state index in [1.54, 1.807) is 0 Å². The summed E-state index contributed by atoms with van der Waals surface area (Å²) in [6.45, 7) is 2.01. The van der Waals surface area contributed by atoms with Crippen LogP contribution in [-0.2, 0) is 0 Å². The molecule has 1 aromatic rings.